The Labute approximate surface area is 151 Å². The molecule has 2 aromatic rings. The molecule has 0 fully saturated rings. The molecule has 25 heavy (non-hydrogen) atoms. The van der Waals surface area contributed by atoms with E-state index in [1.165, 1.54) is 0 Å². The summed E-state index contributed by atoms with van der Waals surface area (Å²) in [5.74, 6) is 3.86. The zero-order valence-electron chi connectivity index (χ0n) is 14.1. The van der Waals surface area contributed by atoms with Gasteiger partial charge in [-0.1, -0.05) is 18.2 Å². The monoisotopic (exact) mass is 359 g/mol. The fourth-order valence-electron chi connectivity index (χ4n) is 2.46. The average Bonchev–Trinajstić information content (AvgIpc) is 3.08. The second-order valence-electron chi connectivity index (χ2n) is 5.46. The molecule has 0 saturated carbocycles. The number of thioether (sulfide) groups is 1. The lowest BCUT2D eigenvalue weighted by atomic mass is 10.2. The third-order valence-electron chi connectivity index (χ3n) is 3.66. The number of hydrogen-bond donors (Lipinski definition) is 1. The molecule has 2 aromatic carbocycles. The molecule has 1 amide bonds. The van der Waals surface area contributed by atoms with E-state index in [9.17, 15) is 4.79 Å². The first-order valence-electron chi connectivity index (χ1n) is 8.24. The molecule has 5 nitrogen and oxygen atoms in total. The Hall–Kier alpha value is -2.34. The molecule has 0 unspecified atom stereocenters. The van der Waals surface area contributed by atoms with E-state index < -0.39 is 0 Å². The van der Waals surface area contributed by atoms with Crippen molar-refractivity contribution in [1.29, 1.82) is 0 Å². The van der Waals surface area contributed by atoms with Gasteiger partial charge < -0.3 is 19.5 Å². The lowest BCUT2D eigenvalue weighted by Crippen LogP contribution is -2.12. The molecule has 132 valence electrons. The van der Waals surface area contributed by atoms with Crippen LogP contribution in [0, 0.1) is 0 Å². The van der Waals surface area contributed by atoms with E-state index in [1.54, 1.807) is 23.9 Å². The van der Waals surface area contributed by atoms with E-state index in [4.69, 9.17) is 14.2 Å². The van der Waals surface area contributed by atoms with Crippen LogP contribution in [-0.4, -0.2) is 25.1 Å². The van der Waals surface area contributed by atoms with Gasteiger partial charge in [0.2, 0.25) is 12.7 Å². The molecule has 0 aliphatic carbocycles. The number of benzene rings is 2. The highest BCUT2D eigenvalue weighted by Gasteiger charge is 2.14. The Morgan fingerprint density at radius 1 is 1.20 bits per heavy atom. The van der Waals surface area contributed by atoms with Crippen LogP contribution in [0.3, 0.4) is 0 Å². The minimum absolute atomic E-state index is 0.00976. The lowest BCUT2D eigenvalue weighted by molar-refractivity contribution is -0.115. The summed E-state index contributed by atoms with van der Waals surface area (Å²) in [5.41, 5.74) is 1.88. The molecule has 1 aliphatic rings. The molecule has 0 atom stereocenters. The van der Waals surface area contributed by atoms with Crippen molar-refractivity contribution in [3.05, 3.63) is 48.0 Å². The minimum Gasteiger partial charge on any atom is -0.494 e. The van der Waals surface area contributed by atoms with Crippen LogP contribution in [0.25, 0.3) is 0 Å². The fourth-order valence-corrected chi connectivity index (χ4v) is 3.40. The van der Waals surface area contributed by atoms with Gasteiger partial charge in [-0.3, -0.25) is 4.79 Å². The normalized spacial score (nSPS) is 12.0. The van der Waals surface area contributed by atoms with Crippen LogP contribution in [-0.2, 0) is 10.5 Å². The summed E-state index contributed by atoms with van der Waals surface area (Å²) < 4.78 is 16.2. The Bertz CT molecular complexity index is 735. The van der Waals surface area contributed by atoms with E-state index in [0.717, 1.165) is 28.5 Å². The van der Waals surface area contributed by atoms with Crippen molar-refractivity contribution in [3.8, 4) is 17.2 Å². The number of carbonyl (C=O) groups excluding carboxylic acids is 1. The SMILES string of the molecule is CCOc1ccccc1CSCCC(=O)Nc1ccc2c(c1)OCO2. The minimum atomic E-state index is -0.00976. The van der Waals surface area contributed by atoms with Crippen LogP contribution in [0.1, 0.15) is 18.9 Å². The number of hydrogen-bond acceptors (Lipinski definition) is 5. The van der Waals surface area contributed by atoms with Crippen LogP contribution >= 0.6 is 11.8 Å². The zero-order chi connectivity index (χ0) is 17.5. The molecule has 0 radical (unpaired) electrons. The van der Waals surface area contributed by atoms with E-state index in [-0.39, 0.29) is 12.7 Å². The van der Waals surface area contributed by atoms with Gasteiger partial charge in [0.15, 0.2) is 11.5 Å². The van der Waals surface area contributed by atoms with Crippen LogP contribution < -0.4 is 19.5 Å². The van der Waals surface area contributed by atoms with Gasteiger partial charge in [0, 0.05) is 35.2 Å². The molecule has 6 heteroatoms. The van der Waals surface area contributed by atoms with Gasteiger partial charge in [0.05, 0.1) is 6.61 Å². The van der Waals surface area contributed by atoms with Gasteiger partial charge in [-0.05, 0) is 25.1 Å². The Balaban J connectivity index is 1.42. The van der Waals surface area contributed by atoms with Gasteiger partial charge in [0.1, 0.15) is 5.75 Å². The number of amides is 1. The molecule has 1 N–H and O–H groups in total. The van der Waals surface area contributed by atoms with Crippen molar-refractivity contribution in [2.45, 2.75) is 19.1 Å². The number of anilines is 1. The second-order valence-corrected chi connectivity index (χ2v) is 6.56. The van der Waals surface area contributed by atoms with Crippen LogP contribution in [0.4, 0.5) is 5.69 Å². The van der Waals surface area contributed by atoms with Gasteiger partial charge in [0.25, 0.3) is 0 Å². The second kappa shape index (κ2) is 8.67. The summed E-state index contributed by atoms with van der Waals surface area (Å²) in [5, 5.41) is 2.89. The standard InChI is InChI=1S/C19H21NO4S/c1-2-22-16-6-4-3-5-14(16)12-25-10-9-19(21)20-15-7-8-17-18(11-15)24-13-23-17/h3-8,11H,2,9-10,12-13H2,1H3,(H,20,21). The number of fused-ring (bicyclic) bond motifs is 1. The Kier molecular flexibility index (Phi) is 6.06. The van der Waals surface area contributed by atoms with Crippen LogP contribution in [0.15, 0.2) is 42.5 Å². The maximum atomic E-state index is 12.1. The molecule has 1 heterocycles. The number of rotatable bonds is 8. The van der Waals surface area contributed by atoms with E-state index in [2.05, 4.69) is 11.4 Å². The highest BCUT2D eigenvalue weighted by Crippen LogP contribution is 2.34. The number of para-hydroxylation sites is 1. The largest absolute Gasteiger partial charge is 0.494 e. The summed E-state index contributed by atoms with van der Waals surface area (Å²) in [4.78, 5) is 12.1. The fraction of sp³-hybridized carbons (Fsp3) is 0.316. The predicted octanol–water partition coefficient (Wildman–Crippen LogP) is 4.08. The number of ether oxygens (including phenoxy) is 3. The van der Waals surface area contributed by atoms with Gasteiger partial charge in [-0.2, -0.15) is 11.8 Å². The average molecular weight is 359 g/mol. The topological polar surface area (TPSA) is 56.8 Å². The van der Waals surface area contributed by atoms with Crippen molar-refractivity contribution in [3.63, 3.8) is 0 Å². The lowest BCUT2D eigenvalue weighted by Gasteiger charge is -2.10. The van der Waals surface area contributed by atoms with Crippen LogP contribution in [0.5, 0.6) is 17.2 Å². The molecule has 3 rings (SSSR count). The predicted molar refractivity (Wildman–Crippen MR) is 99.6 cm³/mol. The number of nitrogens with one attached hydrogen (secondary N) is 1. The molecule has 0 aromatic heterocycles. The molecular formula is C19H21NO4S. The molecule has 1 aliphatic heterocycles. The molecule has 0 bridgehead atoms. The first kappa shape index (κ1) is 17.5. The first-order valence-corrected chi connectivity index (χ1v) is 9.39. The third-order valence-corrected chi connectivity index (χ3v) is 4.67. The first-order chi connectivity index (χ1) is 12.3. The number of carbonyl (C=O) groups is 1. The van der Waals surface area contributed by atoms with Gasteiger partial charge in [-0.15, -0.1) is 0 Å². The summed E-state index contributed by atoms with van der Waals surface area (Å²) in [7, 11) is 0. The Morgan fingerprint density at radius 3 is 2.92 bits per heavy atom. The molecule has 0 saturated heterocycles. The van der Waals surface area contributed by atoms with E-state index in [0.29, 0.717) is 24.5 Å². The van der Waals surface area contributed by atoms with E-state index in [1.807, 2.05) is 31.2 Å². The van der Waals surface area contributed by atoms with E-state index >= 15 is 0 Å². The van der Waals surface area contributed by atoms with Crippen molar-refractivity contribution in [2.75, 3.05) is 24.5 Å². The third kappa shape index (κ3) is 4.82. The zero-order valence-corrected chi connectivity index (χ0v) is 14.9. The van der Waals surface area contributed by atoms with Crippen molar-refractivity contribution >= 4 is 23.4 Å². The van der Waals surface area contributed by atoms with Crippen molar-refractivity contribution in [1.82, 2.24) is 0 Å². The summed E-state index contributed by atoms with van der Waals surface area (Å²) in [6.07, 6.45) is 0.454. The van der Waals surface area contributed by atoms with Gasteiger partial charge in [-0.25, -0.2) is 0 Å². The quantitative estimate of drug-likeness (QED) is 0.720. The summed E-state index contributed by atoms with van der Waals surface area (Å²) in [6.45, 7) is 2.86. The summed E-state index contributed by atoms with van der Waals surface area (Å²) in [6, 6.07) is 13.4. The molecular weight excluding hydrogens is 338 g/mol. The van der Waals surface area contributed by atoms with Crippen molar-refractivity contribution in [2.24, 2.45) is 0 Å². The highest BCUT2D eigenvalue weighted by atomic mass is 32.2. The smallest absolute Gasteiger partial charge is 0.231 e. The summed E-state index contributed by atoms with van der Waals surface area (Å²) >= 11 is 1.72. The van der Waals surface area contributed by atoms with Crippen LogP contribution in [0.2, 0.25) is 0 Å². The van der Waals surface area contributed by atoms with Gasteiger partial charge >= 0.3 is 0 Å². The highest BCUT2D eigenvalue weighted by molar-refractivity contribution is 7.98. The Morgan fingerprint density at radius 2 is 2.04 bits per heavy atom. The molecule has 0 spiro atoms. The maximum absolute atomic E-state index is 12.1. The van der Waals surface area contributed by atoms with Crippen molar-refractivity contribution < 1.29 is 19.0 Å². The maximum Gasteiger partial charge on any atom is 0.231 e.